The summed E-state index contributed by atoms with van der Waals surface area (Å²) >= 11 is 0. The van der Waals surface area contributed by atoms with Crippen molar-refractivity contribution in [2.45, 2.75) is 82.4 Å². The van der Waals surface area contributed by atoms with Crippen LogP contribution >= 0.6 is 0 Å². The Morgan fingerprint density at radius 1 is 1.12 bits per heavy atom. The molecular formula is C30H32F5NO5. The van der Waals surface area contributed by atoms with Gasteiger partial charge in [-0.1, -0.05) is 41.9 Å². The Kier molecular flexibility index (Phi) is 7.41. The van der Waals surface area contributed by atoms with Gasteiger partial charge in [-0.3, -0.25) is 9.63 Å². The van der Waals surface area contributed by atoms with Crippen LogP contribution in [0.3, 0.4) is 0 Å². The summed E-state index contributed by atoms with van der Waals surface area (Å²) in [4.78, 5) is 28.1. The van der Waals surface area contributed by atoms with Gasteiger partial charge in [0.05, 0.1) is 12.8 Å². The van der Waals surface area contributed by atoms with Crippen LogP contribution in [0.25, 0.3) is 0 Å². The molecule has 2 unspecified atom stereocenters. The first kappa shape index (κ1) is 29.4. The number of allylic oxidation sites excluding steroid dienone is 4. The summed E-state index contributed by atoms with van der Waals surface area (Å²) in [6.07, 6.45) is -2.76. The molecule has 1 N–H and O–H groups in total. The van der Waals surface area contributed by atoms with Crippen molar-refractivity contribution in [2.75, 3.05) is 6.61 Å². The second kappa shape index (κ2) is 10.3. The molecule has 222 valence electrons. The summed E-state index contributed by atoms with van der Waals surface area (Å²) in [7, 11) is 0. The first-order valence-electron chi connectivity index (χ1n) is 13.8. The maximum Gasteiger partial charge on any atom is 0.535 e. The van der Waals surface area contributed by atoms with Crippen molar-refractivity contribution >= 4 is 18.2 Å². The Bertz CT molecular complexity index is 1320. The number of alkyl halides is 5. The van der Waals surface area contributed by atoms with Crippen molar-refractivity contribution in [3.05, 3.63) is 58.2 Å². The van der Waals surface area contributed by atoms with Crippen molar-refractivity contribution in [3.8, 4) is 0 Å². The normalized spacial score (nSPS) is 31.9. The maximum absolute atomic E-state index is 15.1. The molecule has 0 radical (unpaired) electrons. The van der Waals surface area contributed by atoms with Crippen LogP contribution in [0.5, 0.6) is 0 Å². The van der Waals surface area contributed by atoms with Crippen LogP contribution in [0, 0.1) is 17.3 Å². The largest absolute Gasteiger partial charge is 0.535 e. The molecule has 2 fully saturated rings. The number of benzene rings is 1. The lowest BCUT2D eigenvalue weighted by molar-refractivity contribution is -0.362. The predicted molar refractivity (Wildman–Crippen MR) is 138 cm³/mol. The first-order valence-corrected chi connectivity index (χ1v) is 13.8. The number of carbonyl (C=O) groups excluding carboxylic acids is 2. The second-order valence-corrected chi connectivity index (χ2v) is 11.6. The van der Waals surface area contributed by atoms with E-state index in [9.17, 15) is 27.9 Å². The molecule has 1 aromatic carbocycles. The molecule has 4 aliphatic rings. The van der Waals surface area contributed by atoms with Gasteiger partial charge in [-0.15, -0.1) is 0 Å². The van der Waals surface area contributed by atoms with Crippen molar-refractivity contribution in [1.82, 2.24) is 0 Å². The molecule has 0 saturated heterocycles. The molecular weight excluding hydrogens is 549 g/mol. The van der Waals surface area contributed by atoms with Gasteiger partial charge in [-0.05, 0) is 85.6 Å². The van der Waals surface area contributed by atoms with E-state index in [1.807, 2.05) is 0 Å². The average Bonchev–Trinajstić information content (AvgIpc) is 3.19. The summed E-state index contributed by atoms with van der Waals surface area (Å²) in [5.74, 6) is -6.66. The number of carbonyl (C=O) groups is 2. The van der Waals surface area contributed by atoms with Crippen LogP contribution in [-0.2, 0) is 14.4 Å². The Balaban J connectivity index is 1.56. The maximum atomic E-state index is 15.1. The third kappa shape index (κ3) is 4.70. The summed E-state index contributed by atoms with van der Waals surface area (Å²) in [6.45, 7) is 3.13. The highest BCUT2D eigenvalue weighted by Crippen LogP contribution is 2.70. The fraction of sp³-hybridized carbons (Fsp3) is 0.567. The molecule has 2 saturated carbocycles. The fourth-order valence-corrected chi connectivity index (χ4v) is 7.80. The number of ether oxygens (including phenoxy) is 1. The van der Waals surface area contributed by atoms with E-state index in [0.29, 0.717) is 36.8 Å². The molecule has 1 aromatic rings. The van der Waals surface area contributed by atoms with E-state index in [1.165, 1.54) is 13.1 Å². The number of oxime groups is 1. The van der Waals surface area contributed by atoms with E-state index in [2.05, 4.69) is 14.7 Å². The van der Waals surface area contributed by atoms with Gasteiger partial charge >= 0.3 is 18.3 Å². The number of ketones is 1. The number of hydrogen-bond acceptors (Lipinski definition) is 6. The van der Waals surface area contributed by atoms with E-state index in [-0.39, 0.29) is 31.1 Å². The van der Waals surface area contributed by atoms with E-state index in [1.54, 1.807) is 37.3 Å². The molecule has 6 nitrogen and oxygen atoms in total. The number of hydrogen-bond donors (Lipinski definition) is 1. The second-order valence-electron chi connectivity index (χ2n) is 11.6. The lowest BCUT2D eigenvalue weighted by atomic mass is 9.50. The minimum Gasteiger partial charge on any atom is -0.433 e. The summed E-state index contributed by atoms with van der Waals surface area (Å²) in [5, 5.41) is 14.9. The number of nitrogens with zero attached hydrogens (tertiary/aromatic N) is 1. The molecule has 0 bridgehead atoms. The zero-order chi connectivity index (χ0) is 29.8. The molecule has 0 aromatic heterocycles. The molecule has 5 atom stereocenters. The quantitative estimate of drug-likeness (QED) is 0.133. The lowest BCUT2D eigenvalue weighted by Gasteiger charge is -2.56. The zero-order valence-corrected chi connectivity index (χ0v) is 22.8. The number of halogens is 5. The van der Waals surface area contributed by atoms with E-state index < -0.39 is 47.5 Å². The van der Waals surface area contributed by atoms with Crippen LogP contribution in [0.1, 0.15) is 75.8 Å². The minimum absolute atomic E-state index is 0.0220. The molecule has 4 aliphatic carbocycles. The molecule has 5 rings (SSSR count). The van der Waals surface area contributed by atoms with E-state index in [4.69, 9.17) is 0 Å². The third-order valence-electron chi connectivity index (χ3n) is 9.69. The van der Waals surface area contributed by atoms with E-state index in [0.717, 1.165) is 16.7 Å². The Hall–Kier alpha value is -3.08. The fourth-order valence-electron chi connectivity index (χ4n) is 7.80. The standard InChI is InChI=1S/C30H32F5NO5/c1-3-40-26(38)41-36-16-17-4-6-18(7-5-17)23-15-27(2)24(12-13-28(27,39)29(31,32)30(33,34)35)22-10-8-19-14-20(37)9-11-21(19)25(22)23/h4-7,14,16,22-24,39H,3,8-13,15H2,1-2H3/b36-16+/t22?,23-,24?,27+,28+/m1/s1. The molecule has 0 heterocycles. The van der Waals surface area contributed by atoms with Gasteiger partial charge in [0, 0.05) is 17.8 Å². The number of rotatable bonds is 5. The van der Waals surface area contributed by atoms with Gasteiger partial charge in [-0.2, -0.15) is 22.0 Å². The zero-order valence-electron chi connectivity index (χ0n) is 22.8. The molecule has 0 spiro atoms. The van der Waals surface area contributed by atoms with Crippen LogP contribution < -0.4 is 0 Å². The molecule has 0 aliphatic heterocycles. The van der Waals surface area contributed by atoms with Gasteiger partial charge < -0.3 is 9.84 Å². The highest BCUT2D eigenvalue weighted by molar-refractivity contribution is 5.93. The smallest absolute Gasteiger partial charge is 0.433 e. The highest BCUT2D eigenvalue weighted by atomic mass is 19.4. The predicted octanol–water partition coefficient (Wildman–Crippen LogP) is 7.02. The van der Waals surface area contributed by atoms with Crippen LogP contribution in [0.4, 0.5) is 26.7 Å². The van der Waals surface area contributed by atoms with Gasteiger partial charge in [0.15, 0.2) is 5.78 Å². The van der Waals surface area contributed by atoms with Gasteiger partial charge in [0.1, 0.15) is 5.60 Å². The lowest BCUT2D eigenvalue weighted by Crippen LogP contribution is -2.65. The topological polar surface area (TPSA) is 85.2 Å². The van der Waals surface area contributed by atoms with Gasteiger partial charge in [-0.25, -0.2) is 4.79 Å². The molecule has 41 heavy (non-hydrogen) atoms. The number of aliphatic hydroxyl groups is 1. The van der Waals surface area contributed by atoms with Crippen LogP contribution in [0.2, 0.25) is 0 Å². The summed E-state index contributed by atoms with van der Waals surface area (Å²) in [5.41, 5.74) is -0.819. The van der Waals surface area contributed by atoms with Gasteiger partial charge in [0.2, 0.25) is 0 Å². The third-order valence-corrected chi connectivity index (χ3v) is 9.69. The average molecular weight is 582 g/mol. The monoisotopic (exact) mass is 581 g/mol. The minimum atomic E-state index is -5.90. The summed E-state index contributed by atoms with van der Waals surface area (Å²) < 4.78 is 75.9. The van der Waals surface area contributed by atoms with Crippen LogP contribution in [-0.4, -0.2) is 47.6 Å². The van der Waals surface area contributed by atoms with Crippen LogP contribution in [0.15, 0.2) is 52.2 Å². The summed E-state index contributed by atoms with van der Waals surface area (Å²) in [6, 6.07) is 6.84. The first-order chi connectivity index (χ1) is 19.2. The van der Waals surface area contributed by atoms with Crippen molar-refractivity contribution in [3.63, 3.8) is 0 Å². The Morgan fingerprint density at radius 2 is 1.83 bits per heavy atom. The number of fused-ring (bicyclic) bond motifs is 4. The van der Waals surface area contributed by atoms with Crippen molar-refractivity contribution in [2.24, 2.45) is 22.4 Å². The Labute approximate surface area is 234 Å². The SMILES string of the molecule is CCOC(=O)O/N=C/c1ccc([C@H]2C[C@@]3(C)C(CC[C@@]3(O)C(F)(F)C(F)(F)F)C3CCC4=CC(=O)CCC4=C32)cc1. The molecule has 11 heteroatoms. The molecule has 0 amide bonds. The van der Waals surface area contributed by atoms with E-state index >= 15 is 8.78 Å². The van der Waals surface area contributed by atoms with Crippen molar-refractivity contribution < 1.29 is 46.2 Å². The van der Waals surface area contributed by atoms with Crippen molar-refractivity contribution in [1.29, 1.82) is 0 Å². The highest BCUT2D eigenvalue weighted by Gasteiger charge is 2.79. The van der Waals surface area contributed by atoms with Gasteiger partial charge in [0.25, 0.3) is 0 Å². The Morgan fingerprint density at radius 3 is 2.49 bits per heavy atom.